The standard InChI is InChI=1S/C16H19N3OS/c1-16(7-4-8-20-16)10-18-15-12(14(17)21)9-11-5-2-3-6-13(11)19-15/h2-3,5-6,9H,4,7-8,10H2,1H3,(H2,17,21)(H,18,19). The van der Waals surface area contributed by atoms with E-state index in [1.807, 2.05) is 30.3 Å². The number of anilines is 1. The summed E-state index contributed by atoms with van der Waals surface area (Å²) in [5, 5.41) is 4.40. The van der Waals surface area contributed by atoms with E-state index in [2.05, 4.69) is 17.2 Å². The van der Waals surface area contributed by atoms with Crippen LogP contribution in [0.3, 0.4) is 0 Å². The number of thiocarbonyl (C=S) groups is 1. The quantitative estimate of drug-likeness (QED) is 0.850. The first kappa shape index (κ1) is 14.2. The van der Waals surface area contributed by atoms with Gasteiger partial charge in [-0.15, -0.1) is 0 Å². The molecule has 4 nitrogen and oxygen atoms in total. The molecule has 5 heteroatoms. The zero-order valence-electron chi connectivity index (χ0n) is 12.1. The number of nitrogens with one attached hydrogen (secondary N) is 1. The van der Waals surface area contributed by atoms with Gasteiger partial charge in [-0.1, -0.05) is 30.4 Å². The summed E-state index contributed by atoms with van der Waals surface area (Å²) >= 11 is 5.16. The second-order valence-corrected chi connectivity index (χ2v) is 6.14. The minimum atomic E-state index is -0.138. The Morgan fingerprint density at radius 1 is 1.48 bits per heavy atom. The van der Waals surface area contributed by atoms with Crippen LogP contribution in [-0.2, 0) is 4.74 Å². The molecule has 3 rings (SSSR count). The Hall–Kier alpha value is -1.72. The van der Waals surface area contributed by atoms with Gasteiger partial charge >= 0.3 is 0 Å². The van der Waals surface area contributed by atoms with E-state index in [9.17, 15) is 0 Å². The van der Waals surface area contributed by atoms with Crippen LogP contribution in [0.15, 0.2) is 30.3 Å². The van der Waals surface area contributed by atoms with Crippen molar-refractivity contribution in [3.05, 3.63) is 35.9 Å². The van der Waals surface area contributed by atoms with E-state index in [1.165, 1.54) is 0 Å². The minimum absolute atomic E-state index is 0.138. The maximum atomic E-state index is 5.84. The Balaban J connectivity index is 1.92. The molecule has 1 aromatic carbocycles. The summed E-state index contributed by atoms with van der Waals surface area (Å²) < 4.78 is 5.80. The number of nitrogens with zero attached hydrogens (tertiary/aromatic N) is 1. The Bertz CT molecular complexity index is 680. The highest BCUT2D eigenvalue weighted by molar-refractivity contribution is 7.80. The highest BCUT2D eigenvalue weighted by Gasteiger charge is 2.29. The minimum Gasteiger partial charge on any atom is -0.389 e. The largest absolute Gasteiger partial charge is 0.389 e. The molecule has 1 atom stereocenters. The number of benzene rings is 1. The van der Waals surface area contributed by atoms with Crippen molar-refractivity contribution >= 4 is 33.9 Å². The molecule has 1 unspecified atom stereocenters. The molecule has 1 aromatic heterocycles. The van der Waals surface area contributed by atoms with Crippen LogP contribution >= 0.6 is 12.2 Å². The highest BCUT2D eigenvalue weighted by Crippen LogP contribution is 2.26. The molecule has 3 N–H and O–H groups in total. The van der Waals surface area contributed by atoms with Gasteiger partial charge in [-0.2, -0.15) is 0 Å². The van der Waals surface area contributed by atoms with Crippen molar-refractivity contribution in [3.8, 4) is 0 Å². The molecule has 110 valence electrons. The molecule has 21 heavy (non-hydrogen) atoms. The van der Waals surface area contributed by atoms with Gasteiger partial charge in [-0.25, -0.2) is 4.98 Å². The molecule has 2 heterocycles. The van der Waals surface area contributed by atoms with Gasteiger partial charge in [0.2, 0.25) is 0 Å². The lowest BCUT2D eigenvalue weighted by molar-refractivity contribution is 0.0315. The van der Waals surface area contributed by atoms with Crippen LogP contribution < -0.4 is 11.1 Å². The summed E-state index contributed by atoms with van der Waals surface area (Å²) in [6.45, 7) is 3.65. The Morgan fingerprint density at radius 3 is 3.00 bits per heavy atom. The Morgan fingerprint density at radius 2 is 2.29 bits per heavy atom. The van der Waals surface area contributed by atoms with E-state index in [-0.39, 0.29) is 5.60 Å². The third-order valence-electron chi connectivity index (χ3n) is 3.92. The van der Waals surface area contributed by atoms with Gasteiger partial charge in [0, 0.05) is 18.5 Å². The van der Waals surface area contributed by atoms with Crippen LogP contribution in [0.25, 0.3) is 10.9 Å². The molecule has 0 radical (unpaired) electrons. The van der Waals surface area contributed by atoms with Crippen LogP contribution in [0.2, 0.25) is 0 Å². The molecule has 1 fully saturated rings. The highest BCUT2D eigenvalue weighted by atomic mass is 32.1. The molecule has 1 aliphatic heterocycles. The fourth-order valence-electron chi connectivity index (χ4n) is 2.69. The average molecular weight is 301 g/mol. The van der Waals surface area contributed by atoms with E-state index in [0.29, 0.717) is 11.5 Å². The normalized spacial score (nSPS) is 21.6. The maximum absolute atomic E-state index is 5.84. The molecule has 1 aliphatic rings. The van der Waals surface area contributed by atoms with Crippen molar-refractivity contribution in [1.29, 1.82) is 0 Å². The van der Waals surface area contributed by atoms with Gasteiger partial charge < -0.3 is 15.8 Å². The second-order valence-electron chi connectivity index (χ2n) is 5.70. The monoisotopic (exact) mass is 301 g/mol. The van der Waals surface area contributed by atoms with Crippen molar-refractivity contribution in [1.82, 2.24) is 4.98 Å². The zero-order chi connectivity index (χ0) is 14.9. The molecule has 2 aromatic rings. The topological polar surface area (TPSA) is 60.2 Å². The third kappa shape index (κ3) is 2.99. The van der Waals surface area contributed by atoms with Crippen molar-refractivity contribution in [2.75, 3.05) is 18.5 Å². The van der Waals surface area contributed by atoms with E-state index >= 15 is 0 Å². The lowest BCUT2D eigenvalue weighted by atomic mass is 10.0. The van der Waals surface area contributed by atoms with Gasteiger partial charge in [-0.3, -0.25) is 0 Å². The summed E-state index contributed by atoms with van der Waals surface area (Å²) in [4.78, 5) is 5.01. The van der Waals surface area contributed by atoms with Gasteiger partial charge in [0.15, 0.2) is 0 Å². The molecule has 1 saturated heterocycles. The third-order valence-corrected chi connectivity index (χ3v) is 4.14. The predicted octanol–water partition coefficient (Wildman–Crippen LogP) is 2.85. The first-order chi connectivity index (χ1) is 10.1. The number of para-hydroxylation sites is 1. The SMILES string of the molecule is CC1(CNc2nc3ccccc3cc2C(N)=S)CCCO1. The smallest absolute Gasteiger partial charge is 0.137 e. The summed E-state index contributed by atoms with van der Waals surface area (Å²) in [5.74, 6) is 0.734. The van der Waals surface area contributed by atoms with Crippen molar-refractivity contribution in [3.63, 3.8) is 0 Å². The van der Waals surface area contributed by atoms with Crippen LogP contribution in [0.5, 0.6) is 0 Å². The zero-order valence-corrected chi connectivity index (χ0v) is 12.9. The molecule has 0 aliphatic carbocycles. The van der Waals surface area contributed by atoms with Crippen LogP contribution in [-0.4, -0.2) is 28.7 Å². The van der Waals surface area contributed by atoms with Crippen molar-refractivity contribution < 1.29 is 4.74 Å². The number of rotatable bonds is 4. The van der Waals surface area contributed by atoms with E-state index < -0.39 is 0 Å². The first-order valence-corrected chi connectivity index (χ1v) is 7.56. The Kier molecular flexibility index (Phi) is 3.78. The summed E-state index contributed by atoms with van der Waals surface area (Å²) in [6.07, 6.45) is 2.15. The summed E-state index contributed by atoms with van der Waals surface area (Å²) in [6, 6.07) is 9.94. The maximum Gasteiger partial charge on any atom is 0.137 e. The second kappa shape index (κ2) is 5.58. The van der Waals surface area contributed by atoms with Gasteiger partial charge in [0.05, 0.1) is 16.7 Å². The lowest BCUT2D eigenvalue weighted by Crippen LogP contribution is -2.33. The fraction of sp³-hybridized carbons (Fsp3) is 0.375. The molecular formula is C16H19N3OS. The number of hydrogen-bond acceptors (Lipinski definition) is 4. The van der Waals surface area contributed by atoms with E-state index in [4.69, 9.17) is 22.7 Å². The number of nitrogens with two attached hydrogens (primary N) is 1. The molecule has 0 amide bonds. The number of pyridine rings is 1. The van der Waals surface area contributed by atoms with Crippen molar-refractivity contribution in [2.45, 2.75) is 25.4 Å². The van der Waals surface area contributed by atoms with Crippen LogP contribution in [0, 0.1) is 0 Å². The van der Waals surface area contributed by atoms with Crippen molar-refractivity contribution in [2.24, 2.45) is 5.73 Å². The number of aromatic nitrogens is 1. The first-order valence-electron chi connectivity index (χ1n) is 7.15. The van der Waals surface area contributed by atoms with Gasteiger partial charge in [0.1, 0.15) is 10.8 Å². The number of hydrogen-bond donors (Lipinski definition) is 2. The summed E-state index contributed by atoms with van der Waals surface area (Å²) in [5.41, 5.74) is 7.42. The molecule has 0 bridgehead atoms. The fourth-order valence-corrected chi connectivity index (χ4v) is 2.84. The molecule has 0 spiro atoms. The summed E-state index contributed by atoms with van der Waals surface area (Å²) in [7, 11) is 0. The van der Waals surface area contributed by atoms with Gasteiger partial charge in [0.25, 0.3) is 0 Å². The van der Waals surface area contributed by atoms with E-state index in [0.717, 1.165) is 41.7 Å². The Labute approximate surface area is 129 Å². The van der Waals surface area contributed by atoms with Crippen LogP contribution in [0.4, 0.5) is 5.82 Å². The molecular weight excluding hydrogens is 282 g/mol. The average Bonchev–Trinajstić information content (AvgIpc) is 2.91. The number of ether oxygens (including phenoxy) is 1. The molecule has 0 saturated carbocycles. The van der Waals surface area contributed by atoms with E-state index in [1.54, 1.807) is 0 Å². The van der Waals surface area contributed by atoms with Gasteiger partial charge in [-0.05, 0) is 31.9 Å². The lowest BCUT2D eigenvalue weighted by Gasteiger charge is -2.24. The predicted molar refractivity (Wildman–Crippen MR) is 89.7 cm³/mol. The van der Waals surface area contributed by atoms with Crippen LogP contribution in [0.1, 0.15) is 25.3 Å². The number of fused-ring (bicyclic) bond motifs is 1.